The van der Waals surface area contributed by atoms with Crippen LogP contribution in [0.3, 0.4) is 0 Å². The van der Waals surface area contributed by atoms with Crippen molar-refractivity contribution in [2.45, 2.75) is 50.4 Å². The largest absolute Gasteiger partial charge is 0.480 e. The van der Waals surface area contributed by atoms with Gasteiger partial charge in [0.1, 0.15) is 18.1 Å². The average molecular weight is 470 g/mol. The van der Waals surface area contributed by atoms with Gasteiger partial charge in [0.25, 0.3) is 0 Å². The minimum atomic E-state index is -1.55. The summed E-state index contributed by atoms with van der Waals surface area (Å²) in [5.74, 6) is -3.63. The van der Waals surface area contributed by atoms with Crippen LogP contribution >= 0.6 is 0 Å². The van der Waals surface area contributed by atoms with E-state index in [2.05, 4.69) is 30.9 Å². The minimum absolute atomic E-state index is 0.0414. The average Bonchev–Trinajstić information content (AvgIpc) is 3.26. The summed E-state index contributed by atoms with van der Waals surface area (Å²) in [6.07, 6.45) is 3.49. The Kier molecular flexibility index (Phi) is 11.3. The second-order valence-corrected chi connectivity index (χ2v) is 7.21. The van der Waals surface area contributed by atoms with Crippen molar-refractivity contribution in [3.8, 4) is 0 Å². The highest BCUT2D eigenvalue weighted by atomic mass is 16.4. The Morgan fingerprint density at radius 2 is 1.79 bits per heavy atom. The molecule has 33 heavy (non-hydrogen) atoms. The summed E-state index contributed by atoms with van der Waals surface area (Å²) in [5.41, 5.74) is 16.7. The van der Waals surface area contributed by atoms with Gasteiger partial charge in [-0.15, -0.1) is 0 Å². The molecule has 1 aromatic heterocycles. The molecule has 0 spiro atoms. The predicted molar refractivity (Wildman–Crippen MR) is 116 cm³/mol. The Bertz CT molecular complexity index is 825. The van der Waals surface area contributed by atoms with Gasteiger partial charge in [-0.25, -0.2) is 9.78 Å². The highest BCUT2D eigenvalue weighted by molar-refractivity contribution is 5.94. The van der Waals surface area contributed by atoms with Crippen molar-refractivity contribution in [1.82, 2.24) is 25.9 Å². The fourth-order valence-electron chi connectivity index (χ4n) is 2.62. The number of aliphatic carboxylic acids is 1. The van der Waals surface area contributed by atoms with Gasteiger partial charge in [0.05, 0.1) is 19.0 Å². The molecule has 0 aromatic carbocycles. The maximum atomic E-state index is 12.6. The molecule has 1 heterocycles. The maximum Gasteiger partial charge on any atom is 0.328 e. The molecule has 0 aliphatic carbocycles. The molecule has 0 fully saturated rings. The third kappa shape index (κ3) is 9.96. The van der Waals surface area contributed by atoms with Gasteiger partial charge in [-0.3, -0.25) is 19.4 Å². The molecule has 0 aliphatic rings. The number of hydrogen-bond donors (Lipinski definition) is 9. The number of aliphatic hydroxyl groups excluding tert-OH is 1. The molecule has 15 heteroatoms. The number of carboxylic acids is 1. The Morgan fingerprint density at radius 3 is 2.33 bits per heavy atom. The number of aromatic nitrogens is 2. The first kappa shape index (κ1) is 27.3. The summed E-state index contributed by atoms with van der Waals surface area (Å²) in [6.45, 7) is 0.868. The van der Waals surface area contributed by atoms with Crippen LogP contribution in [-0.2, 0) is 25.6 Å². The summed E-state index contributed by atoms with van der Waals surface area (Å²) in [4.78, 5) is 58.9. The number of carboxylic acid groups (broad SMARTS) is 1. The van der Waals surface area contributed by atoms with Gasteiger partial charge in [-0.05, 0) is 19.8 Å². The highest BCUT2D eigenvalue weighted by Crippen LogP contribution is 2.02. The molecule has 0 radical (unpaired) electrons. The zero-order valence-corrected chi connectivity index (χ0v) is 18.2. The van der Waals surface area contributed by atoms with Crippen molar-refractivity contribution in [1.29, 1.82) is 0 Å². The third-order valence-corrected chi connectivity index (χ3v) is 4.47. The van der Waals surface area contributed by atoms with E-state index in [4.69, 9.17) is 27.4 Å². The lowest BCUT2D eigenvalue weighted by Gasteiger charge is -2.23. The van der Waals surface area contributed by atoms with Crippen molar-refractivity contribution in [3.05, 3.63) is 18.2 Å². The molecule has 0 saturated carbocycles. The summed E-state index contributed by atoms with van der Waals surface area (Å²) in [7, 11) is 0. The van der Waals surface area contributed by atoms with E-state index in [9.17, 15) is 19.2 Å². The molecule has 12 N–H and O–H groups in total. The monoisotopic (exact) mass is 469 g/mol. The first-order chi connectivity index (χ1) is 15.5. The number of guanidine groups is 1. The number of aromatic amines is 1. The normalized spacial score (nSPS) is 14.3. The van der Waals surface area contributed by atoms with Crippen LogP contribution in [0.1, 0.15) is 25.5 Å². The van der Waals surface area contributed by atoms with Crippen molar-refractivity contribution in [2.24, 2.45) is 22.2 Å². The van der Waals surface area contributed by atoms with Gasteiger partial charge in [-0.2, -0.15) is 0 Å². The van der Waals surface area contributed by atoms with Crippen LogP contribution in [0, 0.1) is 0 Å². The zero-order chi connectivity index (χ0) is 25.0. The Balaban J connectivity index is 2.72. The third-order valence-electron chi connectivity index (χ3n) is 4.47. The summed E-state index contributed by atoms with van der Waals surface area (Å²) < 4.78 is 0. The summed E-state index contributed by atoms with van der Waals surface area (Å²) in [5, 5.41) is 25.2. The SMILES string of the molecule is CC(NC(=O)C(N)CCCN=C(N)N)C(=O)NC(Cc1cnc[nH]1)C(=O)NC(CO)C(=O)O. The van der Waals surface area contributed by atoms with Gasteiger partial charge in [0.15, 0.2) is 5.96 Å². The molecule has 1 aromatic rings. The Labute approximate surface area is 189 Å². The van der Waals surface area contributed by atoms with E-state index < -0.39 is 54.5 Å². The number of H-pyrrole nitrogens is 1. The first-order valence-electron chi connectivity index (χ1n) is 10.1. The van der Waals surface area contributed by atoms with Crippen LogP contribution in [0.25, 0.3) is 0 Å². The molecule has 4 atom stereocenters. The molecule has 4 unspecified atom stereocenters. The molecule has 3 amide bonds. The van der Waals surface area contributed by atoms with Crippen LogP contribution in [-0.4, -0.2) is 87.2 Å². The van der Waals surface area contributed by atoms with Crippen LogP contribution in [0.4, 0.5) is 0 Å². The van der Waals surface area contributed by atoms with E-state index >= 15 is 0 Å². The number of carbonyl (C=O) groups excluding carboxylic acids is 3. The number of nitrogens with zero attached hydrogens (tertiary/aromatic N) is 2. The second-order valence-electron chi connectivity index (χ2n) is 7.21. The number of rotatable bonds is 14. The van der Waals surface area contributed by atoms with Crippen LogP contribution < -0.4 is 33.2 Å². The number of nitrogens with two attached hydrogens (primary N) is 3. The Hall–Kier alpha value is -3.72. The molecule has 184 valence electrons. The fraction of sp³-hybridized carbons (Fsp3) is 0.556. The summed E-state index contributed by atoms with van der Waals surface area (Å²) >= 11 is 0. The first-order valence-corrected chi connectivity index (χ1v) is 10.1. The number of aliphatic hydroxyl groups is 1. The fourth-order valence-corrected chi connectivity index (χ4v) is 2.62. The Morgan fingerprint density at radius 1 is 1.12 bits per heavy atom. The van der Waals surface area contributed by atoms with Crippen LogP contribution in [0.15, 0.2) is 17.5 Å². The van der Waals surface area contributed by atoms with Crippen LogP contribution in [0.5, 0.6) is 0 Å². The highest BCUT2D eigenvalue weighted by Gasteiger charge is 2.29. The lowest BCUT2D eigenvalue weighted by molar-refractivity contribution is -0.143. The van der Waals surface area contributed by atoms with Gasteiger partial charge in [0.2, 0.25) is 17.7 Å². The number of amides is 3. The number of carbonyl (C=O) groups is 4. The second kappa shape index (κ2) is 13.6. The van der Waals surface area contributed by atoms with Crippen molar-refractivity contribution < 1.29 is 29.4 Å². The van der Waals surface area contributed by atoms with Crippen molar-refractivity contribution in [3.63, 3.8) is 0 Å². The summed E-state index contributed by atoms with van der Waals surface area (Å²) in [6, 6.07) is -4.71. The molecule has 0 aliphatic heterocycles. The van der Waals surface area contributed by atoms with Gasteiger partial charge >= 0.3 is 5.97 Å². The van der Waals surface area contributed by atoms with E-state index in [0.717, 1.165) is 0 Å². The molecule has 0 bridgehead atoms. The quantitative estimate of drug-likeness (QED) is 0.0721. The van der Waals surface area contributed by atoms with E-state index in [1.165, 1.54) is 19.4 Å². The number of imidazole rings is 1. The van der Waals surface area contributed by atoms with Gasteiger partial charge in [-0.1, -0.05) is 0 Å². The maximum absolute atomic E-state index is 12.6. The van der Waals surface area contributed by atoms with Gasteiger partial charge < -0.3 is 48.3 Å². The smallest absolute Gasteiger partial charge is 0.328 e. The van der Waals surface area contributed by atoms with Crippen molar-refractivity contribution >= 4 is 29.7 Å². The lowest BCUT2D eigenvalue weighted by atomic mass is 10.1. The van der Waals surface area contributed by atoms with Gasteiger partial charge in [0, 0.05) is 24.9 Å². The number of hydrogen-bond acceptors (Lipinski definition) is 8. The number of nitrogens with one attached hydrogen (secondary N) is 4. The molecule has 0 saturated heterocycles. The number of aliphatic imine (C=N–C) groups is 1. The molecule has 15 nitrogen and oxygen atoms in total. The predicted octanol–water partition coefficient (Wildman–Crippen LogP) is -4.12. The van der Waals surface area contributed by atoms with E-state index in [1.54, 1.807) is 0 Å². The van der Waals surface area contributed by atoms with E-state index in [0.29, 0.717) is 18.7 Å². The molecular weight excluding hydrogens is 438 g/mol. The van der Waals surface area contributed by atoms with Crippen LogP contribution in [0.2, 0.25) is 0 Å². The van der Waals surface area contributed by atoms with E-state index in [-0.39, 0.29) is 18.8 Å². The minimum Gasteiger partial charge on any atom is -0.480 e. The molecule has 1 rings (SSSR count). The molecular formula is C18H31N9O6. The van der Waals surface area contributed by atoms with Crippen molar-refractivity contribution in [2.75, 3.05) is 13.2 Å². The zero-order valence-electron chi connectivity index (χ0n) is 18.2. The standard InChI is InChI=1S/C18H31N9O6/c1-9(25-15(30)11(19)3-2-4-23-18(20)21)14(29)26-12(5-10-6-22-8-24-10)16(31)27-13(7-28)17(32)33/h6,8-9,11-13,28H,2-5,7,19H2,1H3,(H,22,24)(H,25,30)(H,26,29)(H,27,31)(H,32,33)(H4,20,21,23). The lowest BCUT2D eigenvalue weighted by Crippen LogP contribution is -2.57. The topological polar surface area (TPSA) is 264 Å². The van der Waals surface area contributed by atoms with E-state index in [1.807, 2.05) is 0 Å².